The summed E-state index contributed by atoms with van der Waals surface area (Å²) in [5, 5.41) is 8.93. The first kappa shape index (κ1) is 19.6. The number of nitrogens with one attached hydrogen (secondary N) is 3. The predicted octanol–water partition coefficient (Wildman–Crippen LogP) is 0.927. The number of piperidine rings is 1. The molecule has 5 rings (SSSR count). The zero-order valence-electron chi connectivity index (χ0n) is 17.1. The fraction of sp³-hybridized carbons (Fsp3) is 0.409. The van der Waals surface area contributed by atoms with Crippen molar-refractivity contribution in [3.63, 3.8) is 0 Å². The SMILES string of the molecule is O=C1CCC(N2Cc3ccc(CNc4nccc(C5CCNC5)n4)cc3C2=O)C(=O)N1. The third-order valence-corrected chi connectivity index (χ3v) is 6.20. The van der Waals surface area contributed by atoms with E-state index < -0.39 is 11.9 Å². The molecule has 0 aliphatic carbocycles. The fourth-order valence-corrected chi connectivity index (χ4v) is 4.49. The molecule has 2 saturated heterocycles. The lowest BCUT2D eigenvalue weighted by molar-refractivity contribution is -0.136. The number of rotatable bonds is 5. The van der Waals surface area contributed by atoms with Gasteiger partial charge in [-0.05, 0) is 42.6 Å². The van der Waals surface area contributed by atoms with Gasteiger partial charge in [0.25, 0.3) is 5.91 Å². The van der Waals surface area contributed by atoms with Crippen molar-refractivity contribution in [2.75, 3.05) is 18.4 Å². The Labute approximate surface area is 179 Å². The molecule has 0 saturated carbocycles. The molecule has 3 N–H and O–H groups in total. The smallest absolute Gasteiger partial charge is 0.255 e. The van der Waals surface area contributed by atoms with E-state index in [1.54, 1.807) is 11.1 Å². The Morgan fingerprint density at radius 3 is 2.87 bits per heavy atom. The highest BCUT2D eigenvalue weighted by Gasteiger charge is 2.39. The van der Waals surface area contributed by atoms with Gasteiger partial charge in [-0.2, -0.15) is 0 Å². The molecule has 2 fully saturated rings. The van der Waals surface area contributed by atoms with Crippen LogP contribution in [0.3, 0.4) is 0 Å². The lowest BCUT2D eigenvalue weighted by Gasteiger charge is -2.29. The molecule has 9 nitrogen and oxygen atoms in total. The van der Waals surface area contributed by atoms with E-state index in [0.29, 0.717) is 36.9 Å². The molecular weight excluding hydrogens is 396 g/mol. The van der Waals surface area contributed by atoms with Crippen molar-refractivity contribution in [2.45, 2.75) is 44.3 Å². The van der Waals surface area contributed by atoms with E-state index >= 15 is 0 Å². The van der Waals surface area contributed by atoms with E-state index in [1.165, 1.54) is 0 Å². The second-order valence-electron chi connectivity index (χ2n) is 8.24. The molecule has 0 bridgehead atoms. The number of imide groups is 1. The highest BCUT2D eigenvalue weighted by molar-refractivity contribution is 6.05. The van der Waals surface area contributed by atoms with Gasteiger partial charge in [0.2, 0.25) is 17.8 Å². The normalized spacial score (nSPS) is 23.1. The molecule has 31 heavy (non-hydrogen) atoms. The van der Waals surface area contributed by atoms with Gasteiger partial charge in [0.05, 0.1) is 5.69 Å². The summed E-state index contributed by atoms with van der Waals surface area (Å²) in [5.41, 5.74) is 3.47. The van der Waals surface area contributed by atoms with Crippen LogP contribution in [-0.4, -0.2) is 51.7 Å². The van der Waals surface area contributed by atoms with Crippen LogP contribution in [0.25, 0.3) is 0 Å². The Morgan fingerprint density at radius 2 is 2.06 bits per heavy atom. The molecule has 2 atom stereocenters. The lowest BCUT2D eigenvalue weighted by Crippen LogP contribution is -2.52. The zero-order valence-corrected chi connectivity index (χ0v) is 17.1. The van der Waals surface area contributed by atoms with Gasteiger partial charge < -0.3 is 15.5 Å². The van der Waals surface area contributed by atoms with Crippen molar-refractivity contribution in [3.8, 4) is 0 Å². The molecule has 3 aliphatic rings. The van der Waals surface area contributed by atoms with Crippen molar-refractivity contribution in [2.24, 2.45) is 0 Å². The molecule has 0 radical (unpaired) electrons. The van der Waals surface area contributed by atoms with E-state index in [4.69, 9.17) is 0 Å². The number of aromatic nitrogens is 2. The van der Waals surface area contributed by atoms with Gasteiger partial charge in [-0.15, -0.1) is 0 Å². The first-order valence-electron chi connectivity index (χ1n) is 10.6. The van der Waals surface area contributed by atoms with Gasteiger partial charge in [0.1, 0.15) is 6.04 Å². The van der Waals surface area contributed by atoms with Gasteiger partial charge in [-0.3, -0.25) is 19.7 Å². The first-order valence-corrected chi connectivity index (χ1v) is 10.6. The summed E-state index contributed by atoms with van der Waals surface area (Å²) < 4.78 is 0. The molecule has 1 aromatic carbocycles. The Bertz CT molecular complexity index is 1050. The molecule has 9 heteroatoms. The van der Waals surface area contributed by atoms with Crippen LogP contribution in [0, 0.1) is 0 Å². The second kappa shape index (κ2) is 8.07. The molecular formula is C22H24N6O3. The molecule has 0 spiro atoms. The predicted molar refractivity (Wildman–Crippen MR) is 112 cm³/mol. The maximum Gasteiger partial charge on any atom is 0.255 e. The quantitative estimate of drug-likeness (QED) is 0.616. The van der Waals surface area contributed by atoms with Crippen LogP contribution in [0.15, 0.2) is 30.5 Å². The van der Waals surface area contributed by atoms with Gasteiger partial charge in [-0.1, -0.05) is 12.1 Å². The number of hydrogen-bond acceptors (Lipinski definition) is 7. The van der Waals surface area contributed by atoms with E-state index in [9.17, 15) is 14.4 Å². The molecule has 1 aromatic heterocycles. The van der Waals surface area contributed by atoms with E-state index in [1.807, 2.05) is 24.3 Å². The molecule has 3 amide bonds. The Hall–Kier alpha value is -3.33. The van der Waals surface area contributed by atoms with E-state index in [2.05, 4.69) is 25.9 Å². The number of carbonyl (C=O) groups is 3. The molecule has 2 unspecified atom stereocenters. The van der Waals surface area contributed by atoms with Crippen LogP contribution >= 0.6 is 0 Å². The van der Waals surface area contributed by atoms with Crippen molar-refractivity contribution >= 4 is 23.7 Å². The van der Waals surface area contributed by atoms with Crippen molar-refractivity contribution in [1.82, 2.24) is 25.5 Å². The zero-order chi connectivity index (χ0) is 21.4. The van der Waals surface area contributed by atoms with Crippen LogP contribution in [0.5, 0.6) is 0 Å². The van der Waals surface area contributed by atoms with E-state index in [-0.39, 0.29) is 18.2 Å². The summed E-state index contributed by atoms with van der Waals surface area (Å²) >= 11 is 0. The maximum absolute atomic E-state index is 13.0. The van der Waals surface area contributed by atoms with Crippen molar-refractivity contribution < 1.29 is 14.4 Å². The third kappa shape index (κ3) is 3.88. The summed E-state index contributed by atoms with van der Waals surface area (Å²) in [6, 6.07) is 7.12. The van der Waals surface area contributed by atoms with Gasteiger partial charge >= 0.3 is 0 Å². The Morgan fingerprint density at radius 1 is 1.16 bits per heavy atom. The lowest BCUT2D eigenvalue weighted by atomic mass is 10.0. The average Bonchev–Trinajstić information content (AvgIpc) is 3.42. The number of benzene rings is 1. The number of carbonyl (C=O) groups excluding carboxylic acids is 3. The summed E-state index contributed by atoms with van der Waals surface area (Å²) in [6.07, 6.45) is 3.46. The van der Waals surface area contributed by atoms with Crippen molar-refractivity contribution in [1.29, 1.82) is 0 Å². The van der Waals surface area contributed by atoms with Gasteiger partial charge in [-0.25, -0.2) is 9.97 Å². The minimum Gasteiger partial charge on any atom is -0.350 e. The van der Waals surface area contributed by atoms with Crippen LogP contribution in [0.1, 0.15) is 52.4 Å². The summed E-state index contributed by atoms with van der Waals surface area (Å²) in [6.45, 7) is 2.82. The number of amides is 3. The summed E-state index contributed by atoms with van der Waals surface area (Å²) in [7, 11) is 0. The minimum atomic E-state index is -0.597. The number of anilines is 1. The summed E-state index contributed by atoms with van der Waals surface area (Å²) in [5.74, 6) is 0.141. The number of hydrogen-bond donors (Lipinski definition) is 3. The van der Waals surface area contributed by atoms with Crippen LogP contribution in [0.4, 0.5) is 5.95 Å². The largest absolute Gasteiger partial charge is 0.350 e. The molecule has 160 valence electrons. The molecule has 4 heterocycles. The van der Waals surface area contributed by atoms with Crippen molar-refractivity contribution in [3.05, 3.63) is 52.8 Å². The highest BCUT2D eigenvalue weighted by Crippen LogP contribution is 2.28. The monoisotopic (exact) mass is 420 g/mol. The standard InChI is InChI=1S/C22H24N6O3/c29-19-4-3-18(20(30)27-19)28-12-15-2-1-13(9-16(15)21(28)31)10-25-22-24-8-6-17(26-22)14-5-7-23-11-14/h1-2,6,8-9,14,18,23H,3-5,7,10-12H2,(H,24,25,26)(H,27,29,30). The maximum atomic E-state index is 13.0. The number of fused-ring (bicyclic) bond motifs is 1. The average molecular weight is 420 g/mol. The second-order valence-corrected chi connectivity index (χ2v) is 8.24. The highest BCUT2D eigenvalue weighted by atomic mass is 16.2. The molecule has 2 aromatic rings. The van der Waals surface area contributed by atoms with E-state index in [0.717, 1.165) is 36.3 Å². The van der Waals surface area contributed by atoms with Crippen LogP contribution in [0.2, 0.25) is 0 Å². The van der Waals surface area contributed by atoms with Gasteiger partial charge in [0.15, 0.2) is 0 Å². The third-order valence-electron chi connectivity index (χ3n) is 6.20. The van der Waals surface area contributed by atoms with Gasteiger partial charge in [0, 0.05) is 43.7 Å². The minimum absolute atomic E-state index is 0.168. The fourth-order valence-electron chi connectivity index (χ4n) is 4.49. The molecule has 3 aliphatic heterocycles. The Balaban J connectivity index is 1.26. The Kier molecular flexibility index (Phi) is 5.11. The summed E-state index contributed by atoms with van der Waals surface area (Å²) in [4.78, 5) is 47.1. The number of nitrogens with zero attached hydrogens (tertiary/aromatic N) is 3. The topological polar surface area (TPSA) is 116 Å². The van der Waals surface area contributed by atoms with Crippen LogP contribution in [-0.2, 0) is 22.7 Å². The first-order chi connectivity index (χ1) is 15.1. The van der Waals surface area contributed by atoms with Crippen LogP contribution < -0.4 is 16.0 Å².